The minimum atomic E-state index is -0.474. The Morgan fingerprint density at radius 1 is 1.26 bits per heavy atom. The molecule has 0 amide bonds. The molecule has 1 N–H and O–H groups in total. The molecule has 162 valence electrons. The van der Waals surface area contributed by atoms with Gasteiger partial charge in [-0.25, -0.2) is 14.4 Å². The van der Waals surface area contributed by atoms with Crippen molar-refractivity contribution in [2.45, 2.75) is 18.6 Å². The maximum atomic E-state index is 13.5. The first kappa shape index (κ1) is 20.2. The van der Waals surface area contributed by atoms with E-state index in [2.05, 4.69) is 20.2 Å². The highest BCUT2D eigenvalue weighted by molar-refractivity contribution is 6.31. The van der Waals surface area contributed by atoms with Crippen LogP contribution in [0.2, 0.25) is 5.02 Å². The molecule has 2 aliphatic rings. The van der Waals surface area contributed by atoms with Gasteiger partial charge in [-0.15, -0.1) is 0 Å². The molecule has 3 aromatic rings. The molecule has 2 fully saturated rings. The van der Waals surface area contributed by atoms with Crippen LogP contribution < -0.4 is 14.8 Å². The highest BCUT2D eigenvalue weighted by Gasteiger charge is 2.38. The zero-order valence-corrected chi connectivity index (χ0v) is 17.7. The second-order valence-electron chi connectivity index (χ2n) is 7.68. The number of nitrogens with zero attached hydrogens (tertiary/aromatic N) is 3. The number of fused-ring (bicyclic) bond motifs is 3. The maximum Gasteiger partial charge on any atom is 0.162 e. The largest absolute Gasteiger partial charge is 0.493 e. The van der Waals surface area contributed by atoms with Gasteiger partial charge in [-0.05, 0) is 30.7 Å². The van der Waals surface area contributed by atoms with Crippen molar-refractivity contribution in [3.05, 3.63) is 47.5 Å². The van der Waals surface area contributed by atoms with E-state index in [1.807, 2.05) is 12.1 Å². The summed E-state index contributed by atoms with van der Waals surface area (Å²) in [4.78, 5) is 11.1. The van der Waals surface area contributed by atoms with Crippen LogP contribution in [-0.4, -0.2) is 60.4 Å². The van der Waals surface area contributed by atoms with Gasteiger partial charge in [-0.1, -0.05) is 11.6 Å². The number of ether oxygens (including phenoxy) is 3. The number of hydrogen-bond acceptors (Lipinski definition) is 7. The fourth-order valence-corrected chi connectivity index (χ4v) is 4.35. The zero-order chi connectivity index (χ0) is 21.4. The topological polar surface area (TPSA) is 68.7 Å². The first-order chi connectivity index (χ1) is 15.1. The standard InChI is InChI=1S/C22H22ClFN4O3/c1-29-20-9-19-16(8-21(20)30-5-4-28-10-15-7-14(28)11-31-15)22(26-12-25-19)27-13-2-3-18(24)17(23)6-13/h2-3,6,8-9,12,14-15H,4-5,7,10-11H2,1H3,(H,25,26,27). The third-order valence-electron chi connectivity index (χ3n) is 5.75. The molecule has 7 nitrogen and oxygen atoms in total. The normalized spacial score (nSPS) is 20.4. The number of anilines is 2. The molecule has 2 saturated heterocycles. The third-order valence-corrected chi connectivity index (χ3v) is 6.04. The summed E-state index contributed by atoms with van der Waals surface area (Å²) in [5.41, 5.74) is 1.32. The fourth-order valence-electron chi connectivity index (χ4n) is 4.17. The Kier molecular flexibility index (Phi) is 5.52. The first-order valence-corrected chi connectivity index (χ1v) is 10.5. The van der Waals surface area contributed by atoms with Crippen LogP contribution in [0.5, 0.6) is 11.5 Å². The van der Waals surface area contributed by atoms with E-state index < -0.39 is 5.82 Å². The Bertz CT molecular complexity index is 1120. The van der Waals surface area contributed by atoms with Crippen LogP contribution in [0.1, 0.15) is 6.42 Å². The van der Waals surface area contributed by atoms with E-state index >= 15 is 0 Å². The van der Waals surface area contributed by atoms with Crippen LogP contribution in [0.25, 0.3) is 10.9 Å². The van der Waals surface area contributed by atoms with Crippen LogP contribution in [-0.2, 0) is 4.74 Å². The molecule has 5 rings (SSSR count). The van der Waals surface area contributed by atoms with Crippen LogP contribution in [0.3, 0.4) is 0 Å². The zero-order valence-electron chi connectivity index (χ0n) is 17.0. The van der Waals surface area contributed by atoms with Crippen molar-refractivity contribution in [2.24, 2.45) is 0 Å². The Labute approximate surface area is 184 Å². The van der Waals surface area contributed by atoms with Crippen molar-refractivity contribution >= 4 is 34.0 Å². The number of methoxy groups -OCH3 is 1. The van der Waals surface area contributed by atoms with Gasteiger partial charge in [0.05, 0.1) is 30.4 Å². The lowest BCUT2D eigenvalue weighted by atomic mass is 10.2. The lowest BCUT2D eigenvalue weighted by Crippen LogP contribution is -2.39. The summed E-state index contributed by atoms with van der Waals surface area (Å²) in [7, 11) is 1.60. The van der Waals surface area contributed by atoms with Crippen molar-refractivity contribution in [1.29, 1.82) is 0 Å². The number of morpholine rings is 1. The van der Waals surface area contributed by atoms with E-state index in [9.17, 15) is 4.39 Å². The van der Waals surface area contributed by atoms with E-state index in [0.717, 1.165) is 31.5 Å². The summed E-state index contributed by atoms with van der Waals surface area (Å²) in [5, 5.41) is 3.97. The predicted molar refractivity (Wildman–Crippen MR) is 116 cm³/mol. The number of hydrogen-bond donors (Lipinski definition) is 1. The average molecular weight is 445 g/mol. The molecule has 0 spiro atoms. The lowest BCUT2D eigenvalue weighted by molar-refractivity contribution is 0.0257. The van der Waals surface area contributed by atoms with Gasteiger partial charge in [-0.3, -0.25) is 4.90 Å². The summed E-state index contributed by atoms with van der Waals surface area (Å²) in [5.74, 6) is 1.31. The Morgan fingerprint density at radius 3 is 2.90 bits per heavy atom. The second-order valence-corrected chi connectivity index (χ2v) is 8.09. The van der Waals surface area contributed by atoms with Crippen molar-refractivity contribution < 1.29 is 18.6 Å². The van der Waals surface area contributed by atoms with Crippen molar-refractivity contribution in [3.63, 3.8) is 0 Å². The van der Waals surface area contributed by atoms with Crippen molar-refractivity contribution in [3.8, 4) is 11.5 Å². The highest BCUT2D eigenvalue weighted by atomic mass is 35.5. The third kappa shape index (κ3) is 4.11. The number of rotatable bonds is 7. The van der Waals surface area contributed by atoms with Gasteiger partial charge >= 0.3 is 0 Å². The smallest absolute Gasteiger partial charge is 0.162 e. The fraction of sp³-hybridized carbons (Fsp3) is 0.364. The van der Waals surface area contributed by atoms with Crippen LogP contribution >= 0.6 is 11.6 Å². The van der Waals surface area contributed by atoms with E-state index in [1.54, 1.807) is 13.2 Å². The molecular formula is C22H22ClFN4O3. The lowest BCUT2D eigenvalue weighted by Gasteiger charge is -2.26. The monoisotopic (exact) mass is 444 g/mol. The number of benzene rings is 2. The second kappa shape index (κ2) is 8.45. The van der Waals surface area contributed by atoms with Crippen molar-refractivity contribution in [2.75, 3.05) is 38.7 Å². The van der Waals surface area contributed by atoms with Gasteiger partial charge in [0.25, 0.3) is 0 Å². The van der Waals surface area contributed by atoms with Crippen LogP contribution in [0.4, 0.5) is 15.9 Å². The average Bonchev–Trinajstić information content (AvgIpc) is 3.40. The Hall–Kier alpha value is -2.68. The molecule has 0 aliphatic carbocycles. The molecule has 3 heterocycles. The molecule has 0 radical (unpaired) electrons. The first-order valence-electron chi connectivity index (χ1n) is 10.1. The van der Waals surface area contributed by atoms with Gasteiger partial charge in [-0.2, -0.15) is 0 Å². The minimum absolute atomic E-state index is 0.0371. The van der Waals surface area contributed by atoms with Crippen LogP contribution in [0.15, 0.2) is 36.7 Å². The van der Waals surface area contributed by atoms with E-state index in [0.29, 0.717) is 47.3 Å². The molecule has 31 heavy (non-hydrogen) atoms. The van der Waals surface area contributed by atoms with Gasteiger partial charge in [0.2, 0.25) is 0 Å². The summed E-state index contributed by atoms with van der Waals surface area (Å²) in [6.45, 7) is 3.14. The maximum absolute atomic E-state index is 13.5. The summed E-state index contributed by atoms with van der Waals surface area (Å²) in [6.07, 6.45) is 2.94. The summed E-state index contributed by atoms with van der Waals surface area (Å²) >= 11 is 5.90. The number of nitrogens with one attached hydrogen (secondary N) is 1. The van der Waals surface area contributed by atoms with E-state index in [1.165, 1.54) is 18.5 Å². The Balaban J connectivity index is 1.37. The molecule has 2 aliphatic heterocycles. The quantitative estimate of drug-likeness (QED) is 0.590. The molecule has 0 saturated carbocycles. The van der Waals surface area contributed by atoms with Gasteiger partial charge < -0.3 is 19.5 Å². The molecular weight excluding hydrogens is 423 g/mol. The van der Waals surface area contributed by atoms with Gasteiger partial charge in [0, 0.05) is 36.3 Å². The van der Waals surface area contributed by atoms with Crippen LogP contribution in [0, 0.1) is 5.82 Å². The molecule has 2 aromatic carbocycles. The van der Waals surface area contributed by atoms with Crippen molar-refractivity contribution in [1.82, 2.24) is 14.9 Å². The van der Waals surface area contributed by atoms with E-state index in [-0.39, 0.29) is 5.02 Å². The van der Waals surface area contributed by atoms with Gasteiger partial charge in [0.15, 0.2) is 11.5 Å². The predicted octanol–water partition coefficient (Wildman–Crippen LogP) is 4.03. The molecule has 2 unspecified atom stereocenters. The highest BCUT2D eigenvalue weighted by Crippen LogP contribution is 2.35. The summed E-state index contributed by atoms with van der Waals surface area (Å²) in [6, 6.07) is 8.60. The molecule has 1 aromatic heterocycles. The molecule has 2 bridgehead atoms. The van der Waals surface area contributed by atoms with E-state index in [4.69, 9.17) is 25.8 Å². The SMILES string of the molecule is COc1cc2ncnc(Nc3ccc(F)c(Cl)c3)c2cc1OCCN1CC2CC1CO2. The number of halogens is 2. The number of likely N-dealkylation sites (tertiary alicyclic amines) is 1. The van der Waals surface area contributed by atoms with Gasteiger partial charge in [0.1, 0.15) is 24.6 Å². The molecule has 9 heteroatoms. The minimum Gasteiger partial charge on any atom is -0.493 e. The summed E-state index contributed by atoms with van der Waals surface area (Å²) < 4.78 is 30.7. The number of aromatic nitrogens is 2. The molecule has 2 atom stereocenters. The Morgan fingerprint density at radius 2 is 2.16 bits per heavy atom.